The average molecular weight is 434 g/mol. The van der Waals surface area contributed by atoms with Gasteiger partial charge in [-0.05, 0) is 48.4 Å². The Bertz CT molecular complexity index is 1130. The minimum absolute atomic E-state index is 0.0623. The number of benzene rings is 3. The Balaban J connectivity index is 1.49. The van der Waals surface area contributed by atoms with Crippen LogP contribution in [0.25, 0.3) is 0 Å². The highest BCUT2D eigenvalue weighted by Gasteiger charge is 2.24. The molecule has 6 nitrogen and oxygen atoms in total. The zero-order valence-electron chi connectivity index (χ0n) is 17.6. The van der Waals surface area contributed by atoms with Crippen molar-refractivity contribution in [3.05, 3.63) is 83.7 Å². The van der Waals surface area contributed by atoms with Gasteiger partial charge in [0.25, 0.3) is 5.91 Å². The number of anilines is 2. The monoisotopic (exact) mass is 434 g/mol. The van der Waals surface area contributed by atoms with E-state index in [0.717, 1.165) is 12.0 Å². The van der Waals surface area contributed by atoms with Crippen LogP contribution in [0.4, 0.5) is 15.8 Å². The summed E-state index contributed by atoms with van der Waals surface area (Å²) in [5.74, 6) is 0.336. The summed E-state index contributed by atoms with van der Waals surface area (Å²) in [4.78, 5) is 26.7. The van der Waals surface area contributed by atoms with Crippen LogP contribution >= 0.6 is 0 Å². The molecule has 0 saturated carbocycles. The van der Waals surface area contributed by atoms with E-state index < -0.39 is 0 Å². The first-order chi connectivity index (χ1) is 15.5. The number of nitrogens with one attached hydrogen (secondary N) is 1. The van der Waals surface area contributed by atoms with E-state index in [1.807, 2.05) is 0 Å². The average Bonchev–Trinajstić information content (AvgIpc) is 3.24. The second-order valence-corrected chi connectivity index (χ2v) is 7.40. The van der Waals surface area contributed by atoms with Gasteiger partial charge < -0.3 is 19.7 Å². The molecule has 1 heterocycles. The molecule has 164 valence electrons. The lowest BCUT2D eigenvalue weighted by atomic mass is 10.1. The highest BCUT2D eigenvalue weighted by atomic mass is 19.1. The van der Waals surface area contributed by atoms with Gasteiger partial charge in [-0.2, -0.15) is 0 Å². The minimum atomic E-state index is -0.341. The van der Waals surface area contributed by atoms with Crippen molar-refractivity contribution in [2.45, 2.75) is 19.4 Å². The number of para-hydroxylation sites is 1. The third-order valence-corrected chi connectivity index (χ3v) is 5.24. The Kier molecular flexibility index (Phi) is 6.35. The highest BCUT2D eigenvalue weighted by molar-refractivity contribution is 6.06. The van der Waals surface area contributed by atoms with Gasteiger partial charge in [-0.15, -0.1) is 0 Å². The Morgan fingerprint density at radius 3 is 2.56 bits per heavy atom. The first kappa shape index (κ1) is 21.4. The molecule has 3 aromatic rings. The van der Waals surface area contributed by atoms with Crippen LogP contribution in [-0.2, 0) is 11.4 Å². The summed E-state index contributed by atoms with van der Waals surface area (Å²) >= 11 is 0. The van der Waals surface area contributed by atoms with Crippen molar-refractivity contribution in [3.63, 3.8) is 0 Å². The summed E-state index contributed by atoms with van der Waals surface area (Å²) in [7, 11) is 1.53. The van der Waals surface area contributed by atoms with Crippen molar-refractivity contribution < 1.29 is 23.5 Å². The molecule has 3 aromatic carbocycles. The second kappa shape index (κ2) is 9.51. The molecular weight excluding hydrogens is 411 g/mol. The van der Waals surface area contributed by atoms with Crippen LogP contribution in [0, 0.1) is 5.82 Å². The fourth-order valence-electron chi connectivity index (χ4n) is 3.60. The zero-order chi connectivity index (χ0) is 22.5. The summed E-state index contributed by atoms with van der Waals surface area (Å²) in [6, 6.07) is 18.1. The SMILES string of the molecule is COc1cc(NC(=O)c2ccccc2OCc2ccc(F)cc2)ccc1N1CCCC1=O. The van der Waals surface area contributed by atoms with Crippen molar-refractivity contribution in [1.29, 1.82) is 0 Å². The van der Waals surface area contributed by atoms with E-state index in [4.69, 9.17) is 9.47 Å². The van der Waals surface area contributed by atoms with Gasteiger partial charge in [0.2, 0.25) is 5.91 Å². The molecule has 1 aliphatic rings. The summed E-state index contributed by atoms with van der Waals surface area (Å²) in [5.41, 5.74) is 2.39. The van der Waals surface area contributed by atoms with Crippen LogP contribution < -0.4 is 19.7 Å². The number of hydrogen-bond donors (Lipinski definition) is 1. The van der Waals surface area contributed by atoms with Crippen LogP contribution in [0.1, 0.15) is 28.8 Å². The van der Waals surface area contributed by atoms with Crippen molar-refractivity contribution in [2.24, 2.45) is 0 Å². The maximum Gasteiger partial charge on any atom is 0.259 e. The number of methoxy groups -OCH3 is 1. The number of carbonyl (C=O) groups excluding carboxylic acids is 2. The van der Waals surface area contributed by atoms with Gasteiger partial charge >= 0.3 is 0 Å². The molecule has 0 aromatic heterocycles. The molecule has 0 bridgehead atoms. The number of rotatable bonds is 7. The van der Waals surface area contributed by atoms with Crippen LogP contribution in [-0.4, -0.2) is 25.5 Å². The number of hydrogen-bond acceptors (Lipinski definition) is 4. The topological polar surface area (TPSA) is 67.9 Å². The molecule has 7 heteroatoms. The molecule has 1 aliphatic heterocycles. The van der Waals surface area contributed by atoms with E-state index in [2.05, 4.69) is 5.32 Å². The van der Waals surface area contributed by atoms with Crippen LogP contribution in [0.2, 0.25) is 0 Å². The Hall–Kier alpha value is -3.87. The van der Waals surface area contributed by atoms with Gasteiger partial charge in [0.1, 0.15) is 23.9 Å². The summed E-state index contributed by atoms with van der Waals surface area (Å²) < 4.78 is 24.4. The van der Waals surface area contributed by atoms with E-state index in [1.165, 1.54) is 19.2 Å². The maximum absolute atomic E-state index is 13.1. The third-order valence-electron chi connectivity index (χ3n) is 5.24. The van der Waals surface area contributed by atoms with E-state index in [-0.39, 0.29) is 24.2 Å². The fourth-order valence-corrected chi connectivity index (χ4v) is 3.60. The molecule has 4 rings (SSSR count). The van der Waals surface area contributed by atoms with E-state index in [0.29, 0.717) is 41.4 Å². The zero-order valence-corrected chi connectivity index (χ0v) is 17.6. The Morgan fingerprint density at radius 2 is 1.84 bits per heavy atom. The molecule has 0 atom stereocenters. The standard InChI is InChI=1S/C25H23FN2O4/c1-31-23-15-19(12-13-21(23)28-14-4-7-24(28)29)27-25(30)20-5-2-3-6-22(20)32-16-17-8-10-18(26)11-9-17/h2-3,5-6,8-13,15H,4,7,14,16H2,1H3,(H,27,30). The van der Waals surface area contributed by atoms with Crippen molar-refractivity contribution in [3.8, 4) is 11.5 Å². The number of carbonyl (C=O) groups is 2. The second-order valence-electron chi connectivity index (χ2n) is 7.40. The van der Waals surface area contributed by atoms with Crippen molar-refractivity contribution in [1.82, 2.24) is 0 Å². The molecule has 1 saturated heterocycles. The lowest BCUT2D eigenvalue weighted by molar-refractivity contribution is -0.117. The molecule has 32 heavy (non-hydrogen) atoms. The van der Waals surface area contributed by atoms with Crippen LogP contribution in [0.5, 0.6) is 11.5 Å². The molecule has 1 N–H and O–H groups in total. The number of halogens is 1. The first-order valence-corrected chi connectivity index (χ1v) is 10.3. The van der Waals surface area contributed by atoms with Gasteiger partial charge in [-0.1, -0.05) is 24.3 Å². The van der Waals surface area contributed by atoms with Gasteiger partial charge in [0.15, 0.2) is 0 Å². The summed E-state index contributed by atoms with van der Waals surface area (Å²) in [6.45, 7) is 0.858. The predicted molar refractivity (Wildman–Crippen MR) is 120 cm³/mol. The molecule has 0 radical (unpaired) electrons. The first-order valence-electron chi connectivity index (χ1n) is 10.3. The number of amides is 2. The number of nitrogens with zero attached hydrogens (tertiary/aromatic N) is 1. The maximum atomic E-state index is 13.1. The summed E-state index contributed by atoms with van der Waals surface area (Å²) in [5, 5.41) is 2.86. The predicted octanol–water partition coefficient (Wildman–Crippen LogP) is 4.79. The lowest BCUT2D eigenvalue weighted by Gasteiger charge is -2.20. The van der Waals surface area contributed by atoms with Gasteiger partial charge in [-0.25, -0.2) is 4.39 Å². The molecule has 1 fully saturated rings. The van der Waals surface area contributed by atoms with E-state index in [9.17, 15) is 14.0 Å². The van der Waals surface area contributed by atoms with Crippen molar-refractivity contribution in [2.75, 3.05) is 23.9 Å². The normalized spacial score (nSPS) is 13.2. The van der Waals surface area contributed by atoms with Gasteiger partial charge in [0.05, 0.1) is 18.4 Å². The molecule has 0 unspecified atom stereocenters. The Morgan fingerprint density at radius 1 is 1.06 bits per heavy atom. The minimum Gasteiger partial charge on any atom is -0.494 e. The molecule has 0 aliphatic carbocycles. The summed E-state index contributed by atoms with van der Waals surface area (Å²) in [6.07, 6.45) is 1.34. The number of ether oxygens (including phenoxy) is 2. The smallest absolute Gasteiger partial charge is 0.259 e. The third kappa shape index (κ3) is 4.72. The van der Waals surface area contributed by atoms with Gasteiger partial charge in [-0.3, -0.25) is 9.59 Å². The molecule has 2 amide bonds. The lowest BCUT2D eigenvalue weighted by Crippen LogP contribution is -2.24. The Labute approximate surface area is 185 Å². The quantitative estimate of drug-likeness (QED) is 0.581. The van der Waals surface area contributed by atoms with Crippen LogP contribution in [0.3, 0.4) is 0 Å². The van der Waals surface area contributed by atoms with Crippen LogP contribution in [0.15, 0.2) is 66.7 Å². The van der Waals surface area contributed by atoms with Crippen molar-refractivity contribution >= 4 is 23.2 Å². The fraction of sp³-hybridized carbons (Fsp3) is 0.200. The molecular formula is C25H23FN2O4. The van der Waals surface area contributed by atoms with Gasteiger partial charge in [0, 0.05) is 24.7 Å². The highest BCUT2D eigenvalue weighted by Crippen LogP contribution is 2.34. The molecule has 0 spiro atoms. The van der Waals surface area contributed by atoms with E-state index >= 15 is 0 Å². The van der Waals surface area contributed by atoms with E-state index in [1.54, 1.807) is 59.5 Å². The largest absolute Gasteiger partial charge is 0.494 e.